The average Bonchev–Trinajstić information content (AvgIpc) is 3.06. The van der Waals surface area contributed by atoms with Crippen molar-refractivity contribution in [3.05, 3.63) is 57.2 Å². The van der Waals surface area contributed by atoms with Crippen LogP contribution in [0.25, 0.3) is 11.1 Å². The third-order valence-corrected chi connectivity index (χ3v) is 3.79. The Kier molecular flexibility index (Phi) is 3.39. The molecule has 102 valence electrons. The third kappa shape index (κ3) is 2.50. The molecule has 0 aliphatic rings. The van der Waals surface area contributed by atoms with E-state index in [9.17, 15) is 9.59 Å². The first-order valence-corrected chi connectivity index (χ1v) is 6.99. The number of para-hydroxylation sites is 2. The van der Waals surface area contributed by atoms with Gasteiger partial charge in [-0.15, -0.1) is 11.3 Å². The summed E-state index contributed by atoms with van der Waals surface area (Å²) >= 11 is 1.58. The van der Waals surface area contributed by atoms with E-state index in [0.717, 1.165) is 4.88 Å². The minimum atomic E-state index is -0.516. The molecule has 0 atom stereocenters. The lowest BCUT2D eigenvalue weighted by Gasteiger charge is -2.04. The van der Waals surface area contributed by atoms with Crippen LogP contribution >= 0.6 is 11.3 Å². The molecule has 5 nitrogen and oxygen atoms in total. The van der Waals surface area contributed by atoms with Crippen LogP contribution in [0.4, 0.5) is 0 Å². The minimum Gasteiger partial charge on any atom is -0.408 e. The monoisotopic (exact) mass is 288 g/mol. The quantitative estimate of drug-likeness (QED) is 0.798. The number of aromatic nitrogens is 1. The van der Waals surface area contributed by atoms with Gasteiger partial charge in [0.15, 0.2) is 5.58 Å². The van der Waals surface area contributed by atoms with Crippen LogP contribution in [0.3, 0.4) is 0 Å². The lowest BCUT2D eigenvalue weighted by Crippen LogP contribution is -2.30. The van der Waals surface area contributed by atoms with Gasteiger partial charge in [0.25, 0.3) is 0 Å². The van der Waals surface area contributed by atoms with Crippen molar-refractivity contribution in [3.63, 3.8) is 0 Å². The summed E-state index contributed by atoms with van der Waals surface area (Å²) < 4.78 is 6.41. The molecule has 6 heteroatoms. The summed E-state index contributed by atoms with van der Waals surface area (Å²) in [6.45, 7) is 0.433. The Labute approximate surface area is 118 Å². The number of hydrogen-bond acceptors (Lipinski definition) is 4. The molecule has 0 unspecified atom stereocenters. The molecule has 2 aromatic heterocycles. The van der Waals surface area contributed by atoms with Crippen molar-refractivity contribution in [2.24, 2.45) is 0 Å². The molecular formula is C14H12N2O3S. The predicted octanol–water partition coefficient (Wildman–Crippen LogP) is 1.97. The molecule has 0 radical (unpaired) electrons. The Balaban J connectivity index is 1.74. The van der Waals surface area contributed by atoms with Crippen molar-refractivity contribution < 1.29 is 9.21 Å². The molecule has 0 saturated carbocycles. The Morgan fingerprint density at radius 3 is 2.90 bits per heavy atom. The highest BCUT2D eigenvalue weighted by atomic mass is 32.1. The number of benzene rings is 1. The first kappa shape index (κ1) is 12.7. The zero-order chi connectivity index (χ0) is 13.9. The second kappa shape index (κ2) is 5.34. The number of hydrogen-bond donors (Lipinski definition) is 1. The third-order valence-electron chi connectivity index (χ3n) is 2.92. The maximum Gasteiger partial charge on any atom is 0.420 e. The maximum atomic E-state index is 11.9. The van der Waals surface area contributed by atoms with Crippen LogP contribution in [0.15, 0.2) is 51.0 Å². The maximum absolute atomic E-state index is 11.9. The standard InChI is InChI=1S/C14H12N2O3S/c17-13(15-8-10-4-3-7-20-10)9-16-11-5-1-2-6-12(11)19-14(16)18/h1-7H,8-9H2,(H,15,17). The zero-order valence-corrected chi connectivity index (χ0v) is 11.4. The molecule has 1 aromatic carbocycles. The summed E-state index contributed by atoms with van der Waals surface area (Å²) in [5.74, 6) is -0.732. The van der Waals surface area contributed by atoms with Gasteiger partial charge in [0.2, 0.25) is 5.91 Å². The van der Waals surface area contributed by atoms with Crippen molar-refractivity contribution in [1.29, 1.82) is 0 Å². The number of oxazole rings is 1. The van der Waals surface area contributed by atoms with Crippen LogP contribution in [-0.2, 0) is 17.9 Å². The summed E-state index contributed by atoms with van der Waals surface area (Å²) in [5.41, 5.74) is 1.12. The van der Waals surface area contributed by atoms with E-state index in [0.29, 0.717) is 17.6 Å². The molecule has 3 rings (SSSR count). The van der Waals surface area contributed by atoms with Gasteiger partial charge in [-0.05, 0) is 23.6 Å². The van der Waals surface area contributed by atoms with E-state index < -0.39 is 5.76 Å². The fraction of sp³-hybridized carbons (Fsp3) is 0.143. The Morgan fingerprint density at radius 1 is 1.25 bits per heavy atom. The second-order valence-corrected chi connectivity index (χ2v) is 5.31. The van der Waals surface area contributed by atoms with Crippen LogP contribution < -0.4 is 11.1 Å². The highest BCUT2D eigenvalue weighted by Crippen LogP contribution is 2.11. The second-order valence-electron chi connectivity index (χ2n) is 4.28. The fourth-order valence-corrected chi connectivity index (χ4v) is 2.61. The van der Waals surface area contributed by atoms with Crippen LogP contribution in [0, 0.1) is 0 Å². The van der Waals surface area contributed by atoms with Gasteiger partial charge in [0.05, 0.1) is 12.1 Å². The summed E-state index contributed by atoms with van der Waals surface area (Å²) in [7, 11) is 0. The van der Waals surface area contributed by atoms with Crippen molar-refractivity contribution >= 4 is 28.3 Å². The molecule has 1 amide bonds. The van der Waals surface area contributed by atoms with Crippen molar-refractivity contribution in [2.75, 3.05) is 0 Å². The largest absolute Gasteiger partial charge is 0.420 e. The summed E-state index contributed by atoms with van der Waals surface area (Å²) in [6, 6.07) is 10.9. The highest BCUT2D eigenvalue weighted by molar-refractivity contribution is 7.09. The van der Waals surface area contributed by atoms with Gasteiger partial charge in [-0.1, -0.05) is 18.2 Å². The zero-order valence-electron chi connectivity index (χ0n) is 10.5. The van der Waals surface area contributed by atoms with E-state index in [1.54, 1.807) is 35.6 Å². The van der Waals surface area contributed by atoms with E-state index in [-0.39, 0.29) is 12.5 Å². The molecule has 0 aliphatic carbocycles. The van der Waals surface area contributed by atoms with Crippen LogP contribution in [0.2, 0.25) is 0 Å². The molecule has 0 saturated heterocycles. The molecule has 20 heavy (non-hydrogen) atoms. The Morgan fingerprint density at radius 2 is 2.10 bits per heavy atom. The molecule has 0 fully saturated rings. The number of carbonyl (C=O) groups excluding carboxylic acids is 1. The number of nitrogens with zero attached hydrogens (tertiary/aromatic N) is 1. The molecule has 3 aromatic rings. The van der Waals surface area contributed by atoms with E-state index in [4.69, 9.17) is 4.42 Å². The number of nitrogens with one attached hydrogen (secondary N) is 1. The van der Waals surface area contributed by atoms with E-state index >= 15 is 0 Å². The molecule has 2 heterocycles. The van der Waals surface area contributed by atoms with Crippen molar-refractivity contribution in [1.82, 2.24) is 9.88 Å². The number of carbonyl (C=O) groups is 1. The summed E-state index contributed by atoms with van der Waals surface area (Å²) in [4.78, 5) is 24.7. The molecule has 0 spiro atoms. The molecular weight excluding hydrogens is 276 g/mol. The first-order chi connectivity index (χ1) is 9.74. The van der Waals surface area contributed by atoms with Gasteiger partial charge in [-0.2, -0.15) is 0 Å². The van der Waals surface area contributed by atoms with Crippen molar-refractivity contribution in [2.45, 2.75) is 13.1 Å². The number of rotatable bonds is 4. The first-order valence-electron chi connectivity index (χ1n) is 6.11. The van der Waals surface area contributed by atoms with E-state index in [1.807, 2.05) is 17.5 Å². The van der Waals surface area contributed by atoms with Gasteiger partial charge in [-0.25, -0.2) is 4.79 Å². The average molecular weight is 288 g/mol. The summed E-state index contributed by atoms with van der Waals surface area (Å²) in [6.07, 6.45) is 0. The molecule has 0 aliphatic heterocycles. The fourth-order valence-electron chi connectivity index (χ4n) is 1.96. The normalized spacial score (nSPS) is 10.8. The Hall–Kier alpha value is -2.34. The highest BCUT2D eigenvalue weighted by Gasteiger charge is 2.11. The Bertz CT molecular complexity index is 786. The lowest BCUT2D eigenvalue weighted by molar-refractivity contribution is -0.121. The lowest BCUT2D eigenvalue weighted by atomic mass is 10.3. The number of fused-ring (bicyclic) bond motifs is 1. The molecule has 1 N–H and O–H groups in total. The summed E-state index contributed by atoms with van der Waals surface area (Å²) in [5, 5.41) is 4.74. The minimum absolute atomic E-state index is 0.0405. The van der Waals surface area contributed by atoms with Gasteiger partial charge in [0.1, 0.15) is 6.54 Å². The topological polar surface area (TPSA) is 64.2 Å². The van der Waals surface area contributed by atoms with Gasteiger partial charge in [0, 0.05) is 4.88 Å². The van der Waals surface area contributed by atoms with Gasteiger partial charge < -0.3 is 9.73 Å². The van der Waals surface area contributed by atoms with Crippen LogP contribution in [-0.4, -0.2) is 10.5 Å². The smallest absolute Gasteiger partial charge is 0.408 e. The molecule has 0 bridgehead atoms. The van der Waals surface area contributed by atoms with Gasteiger partial charge >= 0.3 is 5.76 Å². The van der Waals surface area contributed by atoms with E-state index in [1.165, 1.54) is 4.57 Å². The van der Waals surface area contributed by atoms with Gasteiger partial charge in [-0.3, -0.25) is 9.36 Å². The number of amides is 1. The predicted molar refractivity (Wildman–Crippen MR) is 76.6 cm³/mol. The van der Waals surface area contributed by atoms with Crippen molar-refractivity contribution in [3.8, 4) is 0 Å². The SMILES string of the molecule is O=C(Cn1c(=O)oc2ccccc21)NCc1cccs1. The number of thiophene rings is 1. The van der Waals surface area contributed by atoms with E-state index in [2.05, 4.69) is 5.32 Å². The van der Waals surface area contributed by atoms with Crippen LogP contribution in [0.5, 0.6) is 0 Å². The van der Waals surface area contributed by atoms with Crippen LogP contribution in [0.1, 0.15) is 4.88 Å².